The molecule has 29 heavy (non-hydrogen) atoms. The van der Waals surface area contributed by atoms with Crippen molar-refractivity contribution in [2.45, 2.75) is 65.5 Å². The molecule has 150 valence electrons. The van der Waals surface area contributed by atoms with Crippen molar-refractivity contribution in [3.05, 3.63) is 48.5 Å². The first kappa shape index (κ1) is 18.7. The maximum atomic E-state index is 2.62. The Balaban J connectivity index is 1.83. The van der Waals surface area contributed by atoms with Gasteiger partial charge in [0.2, 0.25) is 0 Å². The third kappa shape index (κ3) is 2.98. The van der Waals surface area contributed by atoms with E-state index in [-0.39, 0.29) is 0 Å². The van der Waals surface area contributed by atoms with E-state index in [0.29, 0.717) is 0 Å². The van der Waals surface area contributed by atoms with Crippen LogP contribution in [0.3, 0.4) is 0 Å². The molecule has 0 atom stereocenters. The summed E-state index contributed by atoms with van der Waals surface area (Å²) in [6.45, 7) is 6.80. The van der Waals surface area contributed by atoms with Crippen molar-refractivity contribution in [2.24, 2.45) is 0 Å². The standard InChI is InChI=1S/C26H30N2S/c1-3-5-11-17-27-21-15-9-7-13-19(21)25-23(27)24-26(29-25)20-14-8-10-16-22(20)28(24)18-12-6-4-2/h7-10,13-16H,3-6,11-12,17-18H2,1-2H3. The molecule has 0 bridgehead atoms. The molecule has 3 heterocycles. The zero-order valence-electron chi connectivity index (χ0n) is 17.6. The highest BCUT2D eigenvalue weighted by molar-refractivity contribution is 7.27. The predicted molar refractivity (Wildman–Crippen MR) is 129 cm³/mol. The zero-order valence-corrected chi connectivity index (χ0v) is 18.4. The number of hydrogen-bond donors (Lipinski definition) is 0. The number of para-hydroxylation sites is 2. The number of aromatic nitrogens is 2. The van der Waals surface area contributed by atoms with E-state index in [2.05, 4.69) is 71.5 Å². The third-order valence-electron chi connectivity index (χ3n) is 6.25. The normalized spacial score (nSPS) is 12.2. The van der Waals surface area contributed by atoms with Crippen molar-refractivity contribution < 1.29 is 0 Å². The van der Waals surface area contributed by atoms with Crippen LogP contribution in [0.5, 0.6) is 0 Å². The van der Waals surface area contributed by atoms with Crippen LogP contribution in [0, 0.1) is 0 Å². The van der Waals surface area contributed by atoms with Gasteiger partial charge in [-0.1, -0.05) is 75.9 Å². The third-order valence-corrected chi connectivity index (χ3v) is 7.48. The largest absolute Gasteiger partial charge is 0.338 e. The molecule has 0 amide bonds. The molecule has 3 aromatic heterocycles. The van der Waals surface area contributed by atoms with E-state index in [1.807, 2.05) is 11.3 Å². The van der Waals surface area contributed by atoms with E-state index < -0.39 is 0 Å². The Kier molecular flexibility index (Phi) is 5.09. The summed E-state index contributed by atoms with van der Waals surface area (Å²) >= 11 is 2.00. The van der Waals surface area contributed by atoms with Gasteiger partial charge in [-0.05, 0) is 25.0 Å². The maximum Gasteiger partial charge on any atom is 0.0849 e. The van der Waals surface area contributed by atoms with Crippen LogP contribution in [-0.4, -0.2) is 9.13 Å². The van der Waals surface area contributed by atoms with E-state index in [1.165, 1.54) is 80.8 Å². The fourth-order valence-corrected chi connectivity index (χ4v) is 6.20. The van der Waals surface area contributed by atoms with Gasteiger partial charge >= 0.3 is 0 Å². The molecule has 0 aliphatic heterocycles. The number of rotatable bonds is 8. The van der Waals surface area contributed by atoms with Crippen LogP contribution in [0.2, 0.25) is 0 Å². The highest BCUT2D eigenvalue weighted by Crippen LogP contribution is 2.45. The summed E-state index contributed by atoms with van der Waals surface area (Å²) in [6.07, 6.45) is 7.61. The highest BCUT2D eigenvalue weighted by atomic mass is 32.1. The number of fused-ring (bicyclic) bond motifs is 7. The number of thiophene rings is 1. The molecule has 2 nitrogen and oxygen atoms in total. The fourth-order valence-electron chi connectivity index (χ4n) is 4.83. The summed E-state index contributed by atoms with van der Waals surface area (Å²) in [5, 5.41) is 2.84. The molecule has 2 aromatic carbocycles. The average molecular weight is 403 g/mol. The number of unbranched alkanes of at least 4 members (excludes halogenated alkanes) is 4. The number of benzene rings is 2. The Bertz CT molecular complexity index is 1190. The molecular formula is C26H30N2S. The van der Waals surface area contributed by atoms with Gasteiger partial charge in [0.05, 0.1) is 20.4 Å². The molecule has 0 fully saturated rings. The molecule has 0 saturated carbocycles. The van der Waals surface area contributed by atoms with Gasteiger partial charge in [0.15, 0.2) is 0 Å². The van der Waals surface area contributed by atoms with Gasteiger partial charge in [0, 0.05) is 34.9 Å². The number of hydrogen-bond acceptors (Lipinski definition) is 1. The Morgan fingerprint density at radius 3 is 1.52 bits per heavy atom. The van der Waals surface area contributed by atoms with Gasteiger partial charge in [-0.25, -0.2) is 0 Å². The van der Waals surface area contributed by atoms with Crippen molar-refractivity contribution in [2.75, 3.05) is 0 Å². The fraction of sp³-hybridized carbons (Fsp3) is 0.385. The van der Waals surface area contributed by atoms with Gasteiger partial charge in [0.1, 0.15) is 0 Å². The summed E-state index contributed by atoms with van der Waals surface area (Å²) in [6, 6.07) is 18.0. The molecule has 0 saturated heterocycles. The molecular weight excluding hydrogens is 372 g/mol. The number of nitrogens with zero attached hydrogens (tertiary/aromatic N) is 2. The Hall–Kier alpha value is -2.26. The van der Waals surface area contributed by atoms with E-state index in [9.17, 15) is 0 Å². The second kappa shape index (κ2) is 7.87. The van der Waals surface area contributed by atoms with Crippen LogP contribution in [0.25, 0.3) is 42.2 Å². The summed E-state index contributed by atoms with van der Waals surface area (Å²) in [5.74, 6) is 0. The smallest absolute Gasteiger partial charge is 0.0849 e. The first-order valence-corrected chi connectivity index (χ1v) is 12.1. The molecule has 0 N–H and O–H groups in total. The highest BCUT2D eigenvalue weighted by Gasteiger charge is 2.21. The van der Waals surface area contributed by atoms with Crippen molar-refractivity contribution in [3.8, 4) is 0 Å². The van der Waals surface area contributed by atoms with Crippen molar-refractivity contribution in [1.29, 1.82) is 0 Å². The SMILES string of the molecule is CCCCCn1c2ccccc2c2sc3c4ccccc4n(CCCCC)c3c21. The summed E-state index contributed by atoms with van der Waals surface area (Å²) < 4.78 is 8.18. The van der Waals surface area contributed by atoms with Gasteiger partial charge < -0.3 is 9.13 Å². The molecule has 0 aliphatic carbocycles. The Morgan fingerprint density at radius 1 is 0.621 bits per heavy atom. The molecule has 5 aromatic rings. The van der Waals surface area contributed by atoms with Crippen LogP contribution >= 0.6 is 11.3 Å². The minimum Gasteiger partial charge on any atom is -0.338 e. The van der Waals surface area contributed by atoms with E-state index >= 15 is 0 Å². The first-order chi connectivity index (χ1) is 14.3. The minimum atomic E-state index is 1.11. The zero-order chi connectivity index (χ0) is 19.8. The van der Waals surface area contributed by atoms with Crippen LogP contribution in [0.4, 0.5) is 0 Å². The molecule has 0 radical (unpaired) electrons. The lowest BCUT2D eigenvalue weighted by Crippen LogP contribution is -2.01. The Morgan fingerprint density at radius 2 is 1.07 bits per heavy atom. The monoisotopic (exact) mass is 402 g/mol. The molecule has 3 heteroatoms. The van der Waals surface area contributed by atoms with Crippen molar-refractivity contribution >= 4 is 53.6 Å². The lowest BCUT2D eigenvalue weighted by molar-refractivity contribution is 0.620. The topological polar surface area (TPSA) is 9.86 Å². The Labute approximate surface area is 176 Å². The van der Waals surface area contributed by atoms with E-state index in [1.54, 1.807) is 0 Å². The number of aryl methyl sites for hydroxylation is 2. The van der Waals surface area contributed by atoms with Crippen LogP contribution in [0.1, 0.15) is 52.4 Å². The minimum absolute atomic E-state index is 1.11. The van der Waals surface area contributed by atoms with Gasteiger partial charge in [-0.15, -0.1) is 11.3 Å². The maximum absolute atomic E-state index is 2.62. The van der Waals surface area contributed by atoms with Gasteiger partial charge in [-0.2, -0.15) is 0 Å². The second-order valence-corrected chi connectivity index (χ2v) is 9.23. The molecule has 5 rings (SSSR count). The molecule has 0 spiro atoms. The average Bonchev–Trinajstić information content (AvgIpc) is 3.37. The predicted octanol–water partition coefficient (Wildman–Crippen LogP) is 8.34. The summed E-state index contributed by atoms with van der Waals surface area (Å²) in [4.78, 5) is 0. The summed E-state index contributed by atoms with van der Waals surface area (Å²) in [5.41, 5.74) is 5.74. The lowest BCUT2D eigenvalue weighted by atomic mass is 10.2. The first-order valence-electron chi connectivity index (χ1n) is 11.3. The van der Waals surface area contributed by atoms with Crippen molar-refractivity contribution in [1.82, 2.24) is 9.13 Å². The van der Waals surface area contributed by atoms with Gasteiger partial charge in [-0.3, -0.25) is 0 Å². The van der Waals surface area contributed by atoms with Crippen LogP contribution in [-0.2, 0) is 13.1 Å². The second-order valence-electron chi connectivity index (χ2n) is 8.21. The van der Waals surface area contributed by atoms with Crippen molar-refractivity contribution in [3.63, 3.8) is 0 Å². The molecule has 0 unspecified atom stereocenters. The van der Waals surface area contributed by atoms with Crippen LogP contribution in [0.15, 0.2) is 48.5 Å². The summed E-state index contributed by atoms with van der Waals surface area (Å²) in [7, 11) is 0. The van der Waals surface area contributed by atoms with E-state index in [4.69, 9.17) is 0 Å². The van der Waals surface area contributed by atoms with Crippen LogP contribution < -0.4 is 0 Å². The molecule has 0 aliphatic rings. The van der Waals surface area contributed by atoms with Gasteiger partial charge in [0.25, 0.3) is 0 Å². The lowest BCUT2D eigenvalue weighted by Gasteiger charge is -2.10. The van der Waals surface area contributed by atoms with E-state index in [0.717, 1.165) is 13.1 Å². The quantitative estimate of drug-likeness (QED) is 0.231.